The van der Waals surface area contributed by atoms with Gasteiger partial charge in [-0.15, -0.1) is 0 Å². The first kappa shape index (κ1) is 10.2. The molecule has 0 fully saturated rings. The fourth-order valence-corrected chi connectivity index (χ4v) is 0.940. The Balaban J connectivity index is 3.47. The average Bonchev–Trinajstić information content (AvgIpc) is 2.05. The van der Waals surface area contributed by atoms with Crippen LogP contribution in [0.2, 0.25) is 0 Å². The molecule has 0 aromatic rings. The first-order chi connectivity index (χ1) is 5.35. The molecule has 11 heavy (non-hydrogen) atoms. The van der Waals surface area contributed by atoms with Gasteiger partial charge in [-0.05, 0) is 19.3 Å². The second-order valence-corrected chi connectivity index (χ2v) is 2.69. The van der Waals surface area contributed by atoms with Crippen LogP contribution >= 0.6 is 0 Å². The van der Waals surface area contributed by atoms with E-state index in [4.69, 9.17) is 5.26 Å². The fraction of sp³-hybridized carbons (Fsp3) is 0.700. The Labute approximate surface area is 69.7 Å². The summed E-state index contributed by atoms with van der Waals surface area (Å²) in [5.74, 6) is 0. The lowest BCUT2D eigenvalue weighted by Gasteiger charge is -1.93. The largest absolute Gasteiger partial charge is 0.193 e. The molecule has 0 amide bonds. The predicted molar refractivity (Wildman–Crippen MR) is 48.1 cm³/mol. The minimum atomic E-state index is 0.878. The highest BCUT2D eigenvalue weighted by Crippen LogP contribution is 2.05. The second kappa shape index (κ2) is 7.34. The molecule has 0 spiro atoms. The van der Waals surface area contributed by atoms with Crippen LogP contribution in [0.15, 0.2) is 11.6 Å². The third-order valence-electron chi connectivity index (χ3n) is 1.72. The van der Waals surface area contributed by atoms with Gasteiger partial charge in [0.25, 0.3) is 0 Å². The normalized spacial score (nSPS) is 11.2. The molecule has 0 rings (SSSR count). The maximum atomic E-state index is 8.56. The Hall–Kier alpha value is -0.770. The number of unbranched alkanes of at least 4 members (excludes halogenated alkanes) is 3. The second-order valence-electron chi connectivity index (χ2n) is 2.69. The summed E-state index contributed by atoms with van der Waals surface area (Å²) in [6, 6.07) is 2.19. The number of hydrogen-bond acceptors (Lipinski definition) is 1. The molecule has 0 aromatic heterocycles. The molecule has 0 saturated carbocycles. The Morgan fingerprint density at radius 1 is 1.36 bits per heavy atom. The predicted octanol–water partition coefficient (Wildman–Crippen LogP) is 3.43. The molecule has 0 aliphatic heterocycles. The van der Waals surface area contributed by atoms with Crippen LogP contribution in [-0.4, -0.2) is 0 Å². The van der Waals surface area contributed by atoms with Crippen LogP contribution in [0.1, 0.15) is 46.0 Å². The van der Waals surface area contributed by atoms with Crippen LogP contribution in [-0.2, 0) is 0 Å². The zero-order valence-corrected chi connectivity index (χ0v) is 7.56. The quantitative estimate of drug-likeness (QED) is 0.436. The van der Waals surface area contributed by atoms with Gasteiger partial charge in [0.15, 0.2) is 0 Å². The molecule has 1 nitrogen and oxygen atoms in total. The van der Waals surface area contributed by atoms with Crippen molar-refractivity contribution in [3.8, 4) is 6.07 Å². The molecule has 0 atom stereocenters. The lowest BCUT2D eigenvalue weighted by molar-refractivity contribution is 0.727. The molecule has 1 heteroatoms. The summed E-state index contributed by atoms with van der Waals surface area (Å²) in [7, 11) is 0. The minimum Gasteiger partial charge on any atom is -0.193 e. The topological polar surface area (TPSA) is 23.8 Å². The van der Waals surface area contributed by atoms with Gasteiger partial charge in [0.2, 0.25) is 0 Å². The summed E-state index contributed by atoms with van der Waals surface area (Å²) < 4.78 is 0. The number of rotatable bonds is 5. The Bertz CT molecular complexity index is 151. The van der Waals surface area contributed by atoms with Gasteiger partial charge in [-0.1, -0.05) is 32.8 Å². The summed E-state index contributed by atoms with van der Waals surface area (Å²) in [6.45, 7) is 4.21. The van der Waals surface area contributed by atoms with Crippen LogP contribution in [0.4, 0.5) is 0 Å². The van der Waals surface area contributed by atoms with Gasteiger partial charge in [0.1, 0.15) is 0 Å². The number of hydrogen-bond donors (Lipinski definition) is 0. The van der Waals surface area contributed by atoms with E-state index in [9.17, 15) is 0 Å². The fourth-order valence-electron chi connectivity index (χ4n) is 0.940. The molecular weight excluding hydrogens is 134 g/mol. The average molecular weight is 151 g/mol. The molecular formula is C10H17N. The SMILES string of the molecule is CCCCC/C=C(\C#N)CC. The minimum absolute atomic E-state index is 0.878. The van der Waals surface area contributed by atoms with E-state index in [0.29, 0.717) is 0 Å². The lowest BCUT2D eigenvalue weighted by atomic mass is 10.1. The molecule has 0 aliphatic rings. The summed E-state index contributed by atoms with van der Waals surface area (Å²) in [5.41, 5.74) is 0.932. The maximum absolute atomic E-state index is 8.56. The van der Waals surface area contributed by atoms with Crippen molar-refractivity contribution >= 4 is 0 Å². The molecule has 0 aromatic carbocycles. The van der Waals surface area contributed by atoms with Crippen molar-refractivity contribution in [3.63, 3.8) is 0 Å². The van der Waals surface area contributed by atoms with Gasteiger partial charge in [-0.3, -0.25) is 0 Å². The molecule has 0 bridgehead atoms. The van der Waals surface area contributed by atoms with Gasteiger partial charge < -0.3 is 0 Å². The third kappa shape index (κ3) is 5.66. The zero-order valence-electron chi connectivity index (χ0n) is 7.56. The zero-order chi connectivity index (χ0) is 8.53. The van der Waals surface area contributed by atoms with E-state index in [2.05, 4.69) is 19.1 Å². The molecule has 0 aliphatic carbocycles. The number of nitrogens with zero attached hydrogens (tertiary/aromatic N) is 1. The van der Waals surface area contributed by atoms with E-state index in [0.717, 1.165) is 18.4 Å². The highest BCUT2D eigenvalue weighted by atomic mass is 14.2. The van der Waals surface area contributed by atoms with Crippen molar-refractivity contribution < 1.29 is 0 Å². The first-order valence-corrected chi connectivity index (χ1v) is 4.44. The molecule has 0 unspecified atom stereocenters. The highest BCUT2D eigenvalue weighted by molar-refractivity contribution is 5.19. The van der Waals surface area contributed by atoms with E-state index >= 15 is 0 Å². The Morgan fingerprint density at radius 2 is 2.09 bits per heavy atom. The maximum Gasteiger partial charge on any atom is 0.0943 e. The van der Waals surface area contributed by atoms with Gasteiger partial charge in [-0.2, -0.15) is 5.26 Å². The lowest BCUT2D eigenvalue weighted by Crippen LogP contribution is -1.76. The third-order valence-corrected chi connectivity index (χ3v) is 1.72. The van der Waals surface area contributed by atoms with Gasteiger partial charge in [0, 0.05) is 5.57 Å². The van der Waals surface area contributed by atoms with Crippen LogP contribution in [0, 0.1) is 11.3 Å². The van der Waals surface area contributed by atoms with Gasteiger partial charge in [0.05, 0.1) is 6.07 Å². The van der Waals surface area contributed by atoms with Gasteiger partial charge >= 0.3 is 0 Å². The molecule has 0 N–H and O–H groups in total. The summed E-state index contributed by atoms with van der Waals surface area (Å²) in [5, 5.41) is 8.56. The molecule has 0 radical (unpaired) electrons. The van der Waals surface area contributed by atoms with Crippen LogP contribution in [0.3, 0.4) is 0 Å². The van der Waals surface area contributed by atoms with Crippen molar-refractivity contribution in [2.75, 3.05) is 0 Å². The molecule has 0 heterocycles. The highest BCUT2D eigenvalue weighted by Gasteiger charge is 1.89. The van der Waals surface area contributed by atoms with E-state index in [1.165, 1.54) is 19.3 Å². The van der Waals surface area contributed by atoms with E-state index in [1.54, 1.807) is 0 Å². The monoisotopic (exact) mass is 151 g/mol. The summed E-state index contributed by atoms with van der Waals surface area (Å²) in [4.78, 5) is 0. The number of nitriles is 1. The summed E-state index contributed by atoms with van der Waals surface area (Å²) >= 11 is 0. The smallest absolute Gasteiger partial charge is 0.0943 e. The Kier molecular flexibility index (Phi) is 6.82. The van der Waals surface area contributed by atoms with Crippen molar-refractivity contribution in [2.45, 2.75) is 46.0 Å². The van der Waals surface area contributed by atoms with Gasteiger partial charge in [-0.25, -0.2) is 0 Å². The Morgan fingerprint density at radius 3 is 2.55 bits per heavy atom. The van der Waals surface area contributed by atoms with Crippen LogP contribution < -0.4 is 0 Å². The van der Waals surface area contributed by atoms with Crippen molar-refractivity contribution in [1.82, 2.24) is 0 Å². The molecule has 62 valence electrons. The van der Waals surface area contributed by atoms with Crippen molar-refractivity contribution in [1.29, 1.82) is 5.26 Å². The van der Waals surface area contributed by atoms with Crippen LogP contribution in [0.5, 0.6) is 0 Å². The first-order valence-electron chi connectivity index (χ1n) is 4.44. The number of allylic oxidation sites excluding steroid dienone is 2. The van der Waals surface area contributed by atoms with Crippen molar-refractivity contribution in [2.24, 2.45) is 0 Å². The molecule has 0 saturated heterocycles. The van der Waals surface area contributed by atoms with Crippen molar-refractivity contribution in [3.05, 3.63) is 11.6 Å². The van der Waals surface area contributed by atoms with E-state index in [-0.39, 0.29) is 0 Å². The van der Waals surface area contributed by atoms with E-state index < -0.39 is 0 Å². The summed E-state index contributed by atoms with van der Waals surface area (Å²) in [6.07, 6.45) is 7.77. The van der Waals surface area contributed by atoms with Crippen LogP contribution in [0.25, 0.3) is 0 Å². The standard InChI is InChI=1S/C10H17N/c1-3-5-6-7-8-10(4-2)9-11/h8H,3-7H2,1-2H3/b10-8-. The van der Waals surface area contributed by atoms with E-state index in [1.807, 2.05) is 6.92 Å².